The van der Waals surface area contributed by atoms with Crippen LogP contribution in [0.3, 0.4) is 0 Å². The first-order chi connectivity index (χ1) is 12.1. The molecular weight excluding hydrogens is 352 g/mol. The molecule has 0 saturated heterocycles. The molecule has 0 saturated carbocycles. The quantitative estimate of drug-likeness (QED) is 0.555. The van der Waals surface area contributed by atoms with E-state index < -0.39 is 0 Å². The number of fused-ring (bicyclic) bond motifs is 3. The largest absolute Gasteiger partial charge is 0.335 e. The Labute approximate surface area is 155 Å². The SMILES string of the molecule is Cc1cncn1CCCn1c(=S)[nH]c2sc3c(c2c1=O)CCCCC3. The highest BCUT2D eigenvalue weighted by Crippen LogP contribution is 2.32. The molecule has 0 bridgehead atoms. The van der Waals surface area contributed by atoms with Crippen LogP contribution >= 0.6 is 23.6 Å². The van der Waals surface area contributed by atoms with E-state index >= 15 is 0 Å². The van der Waals surface area contributed by atoms with E-state index in [9.17, 15) is 4.79 Å². The molecule has 3 aromatic heterocycles. The number of nitrogens with zero attached hydrogens (tertiary/aromatic N) is 3. The fourth-order valence-electron chi connectivity index (χ4n) is 3.67. The van der Waals surface area contributed by atoms with Gasteiger partial charge in [0.2, 0.25) is 0 Å². The number of H-pyrrole nitrogens is 1. The van der Waals surface area contributed by atoms with Gasteiger partial charge >= 0.3 is 0 Å². The zero-order valence-corrected chi connectivity index (χ0v) is 16.0. The summed E-state index contributed by atoms with van der Waals surface area (Å²) in [6.45, 7) is 3.51. The van der Waals surface area contributed by atoms with E-state index in [1.807, 2.05) is 19.4 Å². The number of imidazole rings is 1. The molecule has 3 heterocycles. The van der Waals surface area contributed by atoms with E-state index in [0.717, 1.165) is 41.7 Å². The first-order valence-electron chi connectivity index (χ1n) is 8.89. The molecule has 25 heavy (non-hydrogen) atoms. The minimum atomic E-state index is 0.0838. The van der Waals surface area contributed by atoms with Crippen molar-refractivity contribution in [3.8, 4) is 0 Å². The standard InChI is InChI=1S/C18H22N4OS2/c1-12-10-19-11-21(12)8-5-9-22-17(23)15-13-6-3-2-4-7-14(13)25-16(15)20-18(22)24/h10-11H,2-9H2,1H3,(H,20,24). The van der Waals surface area contributed by atoms with Crippen LogP contribution in [0.15, 0.2) is 17.3 Å². The second-order valence-electron chi connectivity index (χ2n) is 6.74. The Morgan fingerprint density at radius 1 is 1.28 bits per heavy atom. The second kappa shape index (κ2) is 6.88. The minimum Gasteiger partial charge on any atom is -0.335 e. The highest BCUT2D eigenvalue weighted by atomic mass is 32.1. The molecule has 3 aromatic rings. The van der Waals surface area contributed by atoms with Crippen molar-refractivity contribution in [1.29, 1.82) is 0 Å². The van der Waals surface area contributed by atoms with Gasteiger partial charge in [-0.05, 0) is 56.8 Å². The number of rotatable bonds is 4. The van der Waals surface area contributed by atoms with Gasteiger partial charge < -0.3 is 9.55 Å². The van der Waals surface area contributed by atoms with Gasteiger partial charge in [-0.3, -0.25) is 9.36 Å². The minimum absolute atomic E-state index is 0.0838. The Kier molecular flexibility index (Phi) is 4.60. The van der Waals surface area contributed by atoms with E-state index in [1.165, 1.54) is 29.7 Å². The monoisotopic (exact) mass is 374 g/mol. The summed E-state index contributed by atoms with van der Waals surface area (Å²) in [5.41, 5.74) is 2.49. The van der Waals surface area contributed by atoms with Crippen LogP contribution in [-0.4, -0.2) is 19.1 Å². The fourth-order valence-corrected chi connectivity index (χ4v) is 5.29. The molecule has 1 N–H and O–H groups in total. The van der Waals surface area contributed by atoms with Crippen LogP contribution in [0.2, 0.25) is 0 Å². The van der Waals surface area contributed by atoms with Gasteiger partial charge in [0, 0.05) is 29.9 Å². The van der Waals surface area contributed by atoms with E-state index in [-0.39, 0.29) is 5.56 Å². The maximum absolute atomic E-state index is 13.1. The Balaban J connectivity index is 1.67. The molecule has 0 atom stereocenters. The van der Waals surface area contributed by atoms with Crippen molar-refractivity contribution in [2.24, 2.45) is 0 Å². The van der Waals surface area contributed by atoms with Crippen molar-refractivity contribution < 1.29 is 0 Å². The predicted molar refractivity (Wildman–Crippen MR) is 104 cm³/mol. The molecule has 4 rings (SSSR count). The maximum atomic E-state index is 13.1. The zero-order chi connectivity index (χ0) is 17.4. The highest BCUT2D eigenvalue weighted by molar-refractivity contribution is 7.71. The number of aromatic nitrogens is 4. The topological polar surface area (TPSA) is 55.6 Å². The number of thiophene rings is 1. The lowest BCUT2D eigenvalue weighted by Gasteiger charge is -2.09. The van der Waals surface area contributed by atoms with Gasteiger partial charge in [0.15, 0.2) is 4.77 Å². The third-order valence-corrected chi connectivity index (χ3v) is 6.58. The normalized spacial score (nSPS) is 14.6. The van der Waals surface area contributed by atoms with Gasteiger partial charge in [0.05, 0.1) is 11.7 Å². The van der Waals surface area contributed by atoms with Crippen molar-refractivity contribution >= 4 is 33.8 Å². The van der Waals surface area contributed by atoms with Crippen LogP contribution in [0.25, 0.3) is 10.2 Å². The van der Waals surface area contributed by atoms with Crippen LogP contribution in [-0.2, 0) is 25.9 Å². The summed E-state index contributed by atoms with van der Waals surface area (Å²) in [5, 5.41) is 0.884. The first-order valence-corrected chi connectivity index (χ1v) is 10.1. The Morgan fingerprint density at radius 3 is 2.92 bits per heavy atom. The molecule has 0 aromatic carbocycles. The molecule has 0 spiro atoms. The van der Waals surface area contributed by atoms with Crippen molar-refractivity contribution in [3.63, 3.8) is 0 Å². The van der Waals surface area contributed by atoms with Crippen molar-refractivity contribution in [2.45, 2.75) is 58.5 Å². The van der Waals surface area contributed by atoms with Crippen LogP contribution < -0.4 is 5.56 Å². The molecular formula is C18H22N4OS2. The summed E-state index contributed by atoms with van der Waals surface area (Å²) in [6.07, 6.45) is 10.3. The van der Waals surface area contributed by atoms with Gasteiger partial charge in [-0.25, -0.2) is 4.98 Å². The van der Waals surface area contributed by atoms with Gasteiger partial charge in [-0.2, -0.15) is 0 Å². The molecule has 5 nitrogen and oxygen atoms in total. The van der Waals surface area contributed by atoms with Crippen LogP contribution in [0.4, 0.5) is 0 Å². The lowest BCUT2D eigenvalue weighted by molar-refractivity contribution is 0.540. The second-order valence-corrected chi connectivity index (χ2v) is 8.23. The summed E-state index contributed by atoms with van der Waals surface area (Å²) in [6, 6.07) is 0. The summed E-state index contributed by atoms with van der Waals surface area (Å²) < 4.78 is 4.38. The zero-order valence-electron chi connectivity index (χ0n) is 14.4. The van der Waals surface area contributed by atoms with E-state index in [2.05, 4.69) is 14.5 Å². The van der Waals surface area contributed by atoms with Crippen LogP contribution in [0.1, 0.15) is 41.8 Å². The first kappa shape index (κ1) is 16.7. The third-order valence-electron chi connectivity index (χ3n) is 5.05. The summed E-state index contributed by atoms with van der Waals surface area (Å²) in [5.74, 6) is 0. The van der Waals surface area contributed by atoms with Gasteiger partial charge in [-0.15, -0.1) is 11.3 Å². The third kappa shape index (κ3) is 3.11. The van der Waals surface area contributed by atoms with Gasteiger partial charge in [0.25, 0.3) is 5.56 Å². The highest BCUT2D eigenvalue weighted by Gasteiger charge is 2.19. The molecule has 7 heteroatoms. The molecule has 0 radical (unpaired) electrons. The van der Waals surface area contributed by atoms with Gasteiger partial charge in [-0.1, -0.05) is 6.42 Å². The smallest absolute Gasteiger partial charge is 0.263 e. The fraction of sp³-hybridized carbons (Fsp3) is 0.500. The molecule has 1 aliphatic rings. The molecule has 0 fully saturated rings. The summed E-state index contributed by atoms with van der Waals surface area (Å²) in [7, 11) is 0. The van der Waals surface area contributed by atoms with Gasteiger partial charge in [0.1, 0.15) is 4.83 Å². The van der Waals surface area contributed by atoms with E-state index in [4.69, 9.17) is 12.2 Å². The van der Waals surface area contributed by atoms with E-state index in [0.29, 0.717) is 11.3 Å². The lowest BCUT2D eigenvalue weighted by Crippen LogP contribution is -2.23. The van der Waals surface area contributed by atoms with E-state index in [1.54, 1.807) is 15.9 Å². The Bertz CT molecular complexity index is 1020. The Morgan fingerprint density at radius 2 is 2.12 bits per heavy atom. The van der Waals surface area contributed by atoms with Crippen molar-refractivity contribution in [1.82, 2.24) is 19.1 Å². The lowest BCUT2D eigenvalue weighted by atomic mass is 10.1. The maximum Gasteiger partial charge on any atom is 0.263 e. The van der Waals surface area contributed by atoms with Crippen molar-refractivity contribution in [3.05, 3.63) is 43.8 Å². The summed E-state index contributed by atoms with van der Waals surface area (Å²) in [4.78, 5) is 22.9. The molecule has 0 aliphatic heterocycles. The number of aromatic amines is 1. The molecule has 0 unspecified atom stereocenters. The number of hydrogen-bond acceptors (Lipinski definition) is 4. The van der Waals surface area contributed by atoms with Crippen LogP contribution in [0, 0.1) is 11.7 Å². The Hall–Kier alpha value is -1.73. The number of aryl methyl sites for hydroxylation is 4. The molecule has 132 valence electrons. The summed E-state index contributed by atoms with van der Waals surface area (Å²) >= 11 is 7.19. The number of nitrogens with one attached hydrogen (secondary N) is 1. The predicted octanol–water partition coefficient (Wildman–Crippen LogP) is 3.98. The average Bonchev–Trinajstić information content (AvgIpc) is 3.06. The number of hydrogen-bond donors (Lipinski definition) is 1. The molecule has 1 aliphatic carbocycles. The van der Waals surface area contributed by atoms with Crippen molar-refractivity contribution in [2.75, 3.05) is 0 Å². The molecule has 0 amide bonds. The average molecular weight is 375 g/mol. The van der Waals surface area contributed by atoms with Crippen LogP contribution in [0.5, 0.6) is 0 Å².